The number of hydrogen-bond donors (Lipinski definition) is 2. The molecule has 0 heterocycles. The molecule has 0 aromatic heterocycles. The maximum Gasteiger partial charge on any atom is 0.0704 e. The Labute approximate surface area is 106 Å². The van der Waals surface area contributed by atoms with Gasteiger partial charge in [0, 0.05) is 11.0 Å². The first-order chi connectivity index (χ1) is 7.58. The molecule has 0 aliphatic carbocycles. The van der Waals surface area contributed by atoms with Crippen molar-refractivity contribution in [2.45, 2.75) is 26.4 Å². The van der Waals surface area contributed by atoms with Crippen LogP contribution in [0.5, 0.6) is 0 Å². The van der Waals surface area contributed by atoms with Gasteiger partial charge in [-0.1, -0.05) is 41.9 Å². The van der Waals surface area contributed by atoms with Crippen LogP contribution in [-0.4, -0.2) is 24.3 Å². The molecule has 0 aliphatic rings. The maximum absolute atomic E-state index is 9.83. The molecule has 0 spiro atoms. The van der Waals surface area contributed by atoms with Crippen LogP contribution >= 0.6 is 15.9 Å². The fourth-order valence-corrected chi connectivity index (χ4v) is 1.99. The summed E-state index contributed by atoms with van der Waals surface area (Å²) >= 11 is 3.43. The van der Waals surface area contributed by atoms with Gasteiger partial charge in [-0.2, -0.15) is 0 Å². The molecule has 2 N–H and O–H groups in total. The Morgan fingerprint density at radius 3 is 2.69 bits per heavy atom. The van der Waals surface area contributed by atoms with E-state index in [9.17, 15) is 5.11 Å². The lowest BCUT2D eigenvalue weighted by atomic mass is 10.1. The predicted molar refractivity (Wildman–Crippen MR) is 71.6 cm³/mol. The molecule has 1 unspecified atom stereocenters. The molecule has 90 valence electrons. The summed E-state index contributed by atoms with van der Waals surface area (Å²) in [4.78, 5) is 0. The summed E-state index contributed by atoms with van der Waals surface area (Å²) < 4.78 is 1.06. The summed E-state index contributed by atoms with van der Waals surface area (Å²) in [5.41, 5.74) is 1.16. The Hall–Kier alpha value is -0.380. The molecule has 0 amide bonds. The number of nitrogens with one attached hydrogen (secondary N) is 1. The van der Waals surface area contributed by atoms with Gasteiger partial charge in [0.1, 0.15) is 0 Å². The van der Waals surface area contributed by atoms with E-state index in [4.69, 9.17) is 0 Å². The summed E-state index contributed by atoms with van der Waals surface area (Å²) in [6.07, 6.45) is 0.387. The van der Waals surface area contributed by atoms with Crippen LogP contribution in [0.15, 0.2) is 28.7 Å². The molecule has 1 aromatic rings. The number of benzene rings is 1. The second-order valence-corrected chi connectivity index (χ2v) is 5.46. The number of hydrogen-bond acceptors (Lipinski definition) is 2. The number of halogens is 1. The maximum atomic E-state index is 9.83. The SMILES string of the molecule is CC(C)CNCC(O)Cc1cccc(Br)c1. The zero-order chi connectivity index (χ0) is 12.0. The standard InChI is InChI=1S/C13H20BrNO/c1-10(2)8-15-9-13(16)7-11-4-3-5-12(14)6-11/h3-6,10,13,15-16H,7-9H2,1-2H3. The van der Waals surface area contributed by atoms with Crippen molar-refractivity contribution in [2.75, 3.05) is 13.1 Å². The Bertz CT molecular complexity index is 315. The van der Waals surface area contributed by atoms with Crippen LogP contribution in [0.2, 0.25) is 0 Å². The van der Waals surface area contributed by atoms with Gasteiger partial charge in [-0.3, -0.25) is 0 Å². The van der Waals surface area contributed by atoms with Crippen LogP contribution in [0.1, 0.15) is 19.4 Å². The minimum atomic E-state index is -0.312. The highest BCUT2D eigenvalue weighted by atomic mass is 79.9. The fraction of sp³-hybridized carbons (Fsp3) is 0.538. The van der Waals surface area contributed by atoms with E-state index >= 15 is 0 Å². The lowest BCUT2D eigenvalue weighted by molar-refractivity contribution is 0.170. The topological polar surface area (TPSA) is 32.3 Å². The Kier molecular flexibility index (Phi) is 6.03. The van der Waals surface area contributed by atoms with Gasteiger partial charge in [-0.25, -0.2) is 0 Å². The zero-order valence-corrected chi connectivity index (χ0v) is 11.5. The van der Waals surface area contributed by atoms with Gasteiger partial charge in [0.15, 0.2) is 0 Å². The van der Waals surface area contributed by atoms with E-state index in [1.807, 2.05) is 24.3 Å². The van der Waals surface area contributed by atoms with Gasteiger partial charge in [0.05, 0.1) is 6.10 Å². The van der Waals surface area contributed by atoms with E-state index in [0.29, 0.717) is 18.9 Å². The zero-order valence-electron chi connectivity index (χ0n) is 9.91. The highest BCUT2D eigenvalue weighted by molar-refractivity contribution is 9.10. The highest BCUT2D eigenvalue weighted by Gasteiger charge is 2.05. The summed E-state index contributed by atoms with van der Waals surface area (Å²) in [5.74, 6) is 0.623. The molecule has 2 nitrogen and oxygen atoms in total. The quantitative estimate of drug-likeness (QED) is 0.842. The highest BCUT2D eigenvalue weighted by Crippen LogP contribution is 2.12. The van der Waals surface area contributed by atoms with Crippen LogP contribution in [0.3, 0.4) is 0 Å². The average Bonchev–Trinajstić information content (AvgIpc) is 2.16. The van der Waals surface area contributed by atoms with Gasteiger partial charge < -0.3 is 10.4 Å². The van der Waals surface area contributed by atoms with Crippen LogP contribution in [0.4, 0.5) is 0 Å². The normalized spacial score (nSPS) is 13.1. The van der Waals surface area contributed by atoms with Crippen molar-refractivity contribution in [1.82, 2.24) is 5.32 Å². The third kappa shape index (κ3) is 5.64. The van der Waals surface area contributed by atoms with E-state index in [-0.39, 0.29) is 6.10 Å². The summed E-state index contributed by atoms with van der Waals surface area (Å²) in [6, 6.07) is 8.07. The Balaban J connectivity index is 2.31. The van der Waals surface area contributed by atoms with Crippen molar-refractivity contribution in [2.24, 2.45) is 5.92 Å². The summed E-state index contributed by atoms with van der Waals surface area (Å²) in [5, 5.41) is 13.1. The van der Waals surface area contributed by atoms with Crippen molar-refractivity contribution in [3.05, 3.63) is 34.3 Å². The lowest BCUT2D eigenvalue weighted by Gasteiger charge is -2.13. The van der Waals surface area contributed by atoms with Crippen molar-refractivity contribution in [3.8, 4) is 0 Å². The third-order valence-electron chi connectivity index (χ3n) is 2.29. The van der Waals surface area contributed by atoms with Gasteiger partial charge in [-0.05, 0) is 36.6 Å². The van der Waals surface area contributed by atoms with Gasteiger partial charge in [0.2, 0.25) is 0 Å². The third-order valence-corrected chi connectivity index (χ3v) is 2.79. The minimum Gasteiger partial charge on any atom is -0.391 e. The lowest BCUT2D eigenvalue weighted by Crippen LogP contribution is -2.30. The van der Waals surface area contributed by atoms with E-state index in [2.05, 4.69) is 35.1 Å². The first-order valence-electron chi connectivity index (χ1n) is 5.71. The molecule has 1 atom stereocenters. The van der Waals surface area contributed by atoms with Crippen LogP contribution in [0, 0.1) is 5.92 Å². The Morgan fingerprint density at radius 1 is 1.31 bits per heavy atom. The van der Waals surface area contributed by atoms with Gasteiger partial charge >= 0.3 is 0 Å². The minimum absolute atomic E-state index is 0.312. The molecule has 0 saturated carbocycles. The molecule has 3 heteroatoms. The second-order valence-electron chi connectivity index (χ2n) is 4.54. The van der Waals surface area contributed by atoms with Crippen molar-refractivity contribution < 1.29 is 5.11 Å². The van der Waals surface area contributed by atoms with Crippen LogP contribution < -0.4 is 5.32 Å². The second kappa shape index (κ2) is 7.05. The number of aliphatic hydroxyl groups excluding tert-OH is 1. The van der Waals surface area contributed by atoms with Crippen LogP contribution in [0.25, 0.3) is 0 Å². The molecule has 0 radical (unpaired) electrons. The molecule has 0 saturated heterocycles. The molecule has 0 fully saturated rings. The first kappa shape index (κ1) is 13.7. The number of aliphatic hydroxyl groups is 1. The van der Waals surface area contributed by atoms with E-state index in [0.717, 1.165) is 16.6 Å². The number of rotatable bonds is 6. The monoisotopic (exact) mass is 285 g/mol. The summed E-state index contributed by atoms with van der Waals surface area (Å²) in [6.45, 7) is 5.93. The van der Waals surface area contributed by atoms with Crippen molar-refractivity contribution >= 4 is 15.9 Å². The molecule has 0 aliphatic heterocycles. The van der Waals surface area contributed by atoms with Crippen LogP contribution in [-0.2, 0) is 6.42 Å². The predicted octanol–water partition coefficient (Wildman–Crippen LogP) is 2.60. The van der Waals surface area contributed by atoms with E-state index < -0.39 is 0 Å². The molecule has 16 heavy (non-hydrogen) atoms. The smallest absolute Gasteiger partial charge is 0.0704 e. The summed E-state index contributed by atoms with van der Waals surface area (Å²) in [7, 11) is 0. The molecule has 1 rings (SSSR count). The Morgan fingerprint density at radius 2 is 2.06 bits per heavy atom. The molecular weight excluding hydrogens is 266 g/mol. The van der Waals surface area contributed by atoms with Gasteiger partial charge in [0.25, 0.3) is 0 Å². The van der Waals surface area contributed by atoms with Gasteiger partial charge in [-0.15, -0.1) is 0 Å². The van der Waals surface area contributed by atoms with E-state index in [1.165, 1.54) is 0 Å². The molecular formula is C13H20BrNO. The average molecular weight is 286 g/mol. The molecule has 1 aromatic carbocycles. The fourth-order valence-electron chi connectivity index (χ4n) is 1.55. The first-order valence-corrected chi connectivity index (χ1v) is 6.50. The largest absolute Gasteiger partial charge is 0.391 e. The van der Waals surface area contributed by atoms with E-state index in [1.54, 1.807) is 0 Å². The van der Waals surface area contributed by atoms with Crippen molar-refractivity contribution in [3.63, 3.8) is 0 Å². The van der Waals surface area contributed by atoms with Crippen molar-refractivity contribution in [1.29, 1.82) is 0 Å². The molecule has 0 bridgehead atoms.